The Hall–Kier alpha value is -0.520. The fourth-order valence-corrected chi connectivity index (χ4v) is 1.77. The molecule has 0 atom stereocenters. The first kappa shape index (κ1) is 8.58. The van der Waals surface area contributed by atoms with Gasteiger partial charge in [0.05, 0.1) is 0 Å². The Morgan fingerprint density at radius 2 is 2.09 bits per heavy atom. The molecule has 0 spiro atoms. The summed E-state index contributed by atoms with van der Waals surface area (Å²) in [6.45, 7) is 6.75. The molecule has 0 aromatic rings. The summed E-state index contributed by atoms with van der Waals surface area (Å²) in [7, 11) is 0. The number of hydrogen-bond acceptors (Lipinski definition) is 0. The van der Waals surface area contributed by atoms with Crippen LogP contribution in [-0.4, -0.2) is 0 Å². The highest BCUT2D eigenvalue weighted by Crippen LogP contribution is 2.29. The van der Waals surface area contributed by atoms with Gasteiger partial charge in [-0.2, -0.15) is 0 Å². The predicted molar refractivity (Wildman–Crippen MR) is 50.6 cm³/mol. The summed E-state index contributed by atoms with van der Waals surface area (Å²) < 4.78 is 0. The van der Waals surface area contributed by atoms with Crippen LogP contribution >= 0.6 is 0 Å². The van der Waals surface area contributed by atoms with E-state index >= 15 is 0 Å². The summed E-state index contributed by atoms with van der Waals surface area (Å²) in [5.41, 5.74) is 4.84. The van der Waals surface area contributed by atoms with Crippen LogP contribution in [-0.2, 0) is 0 Å². The van der Waals surface area contributed by atoms with Crippen LogP contribution in [0.5, 0.6) is 0 Å². The van der Waals surface area contributed by atoms with Crippen LogP contribution in [0.15, 0.2) is 22.8 Å². The van der Waals surface area contributed by atoms with Gasteiger partial charge >= 0.3 is 0 Å². The maximum absolute atomic E-state index is 2.38. The molecule has 0 amide bonds. The monoisotopic (exact) mass is 150 g/mol. The number of allylic oxidation sites excluding steroid dienone is 4. The quantitative estimate of drug-likeness (QED) is 0.573. The third-order valence-electron chi connectivity index (χ3n) is 2.31. The van der Waals surface area contributed by atoms with E-state index in [0.717, 1.165) is 0 Å². The molecule has 0 saturated heterocycles. The molecule has 0 heteroatoms. The van der Waals surface area contributed by atoms with Crippen molar-refractivity contribution in [1.29, 1.82) is 0 Å². The smallest absolute Gasteiger partial charge is 0.0102 e. The van der Waals surface area contributed by atoms with E-state index in [-0.39, 0.29) is 0 Å². The zero-order valence-electron chi connectivity index (χ0n) is 7.91. The Labute approximate surface area is 70.0 Å². The molecule has 0 fully saturated rings. The van der Waals surface area contributed by atoms with Crippen LogP contribution in [0.2, 0.25) is 0 Å². The molecule has 0 aromatic heterocycles. The summed E-state index contributed by atoms with van der Waals surface area (Å²) in [5.74, 6) is 0. The summed E-state index contributed by atoms with van der Waals surface area (Å²) in [4.78, 5) is 0. The lowest BCUT2D eigenvalue weighted by Gasteiger charge is -2.01. The first-order valence-corrected chi connectivity index (χ1v) is 4.66. The van der Waals surface area contributed by atoms with E-state index in [9.17, 15) is 0 Å². The van der Waals surface area contributed by atoms with Gasteiger partial charge in [-0.25, -0.2) is 0 Å². The molecule has 1 aliphatic rings. The molecule has 62 valence electrons. The SMILES string of the molecule is CCCC1=C(CC)CC(C)=C1. The first-order chi connectivity index (χ1) is 5.27. The number of rotatable bonds is 3. The fourth-order valence-electron chi connectivity index (χ4n) is 1.77. The van der Waals surface area contributed by atoms with Gasteiger partial charge in [-0.3, -0.25) is 0 Å². The standard InChI is InChI=1S/C11H18/c1-4-6-11-8-9(3)7-10(11)5-2/h8H,4-7H2,1-3H3. The average Bonchev–Trinajstić information content (AvgIpc) is 2.32. The first-order valence-electron chi connectivity index (χ1n) is 4.66. The second kappa shape index (κ2) is 3.75. The number of hydrogen-bond donors (Lipinski definition) is 0. The molecule has 1 rings (SSSR count). The van der Waals surface area contributed by atoms with Gasteiger partial charge in [-0.15, -0.1) is 0 Å². The molecular formula is C11H18. The third-order valence-corrected chi connectivity index (χ3v) is 2.31. The molecule has 0 radical (unpaired) electrons. The minimum atomic E-state index is 1.24. The molecule has 1 aliphatic carbocycles. The molecule has 11 heavy (non-hydrogen) atoms. The molecule has 0 aliphatic heterocycles. The van der Waals surface area contributed by atoms with Gasteiger partial charge < -0.3 is 0 Å². The Morgan fingerprint density at radius 1 is 1.36 bits per heavy atom. The van der Waals surface area contributed by atoms with Crippen molar-refractivity contribution in [3.8, 4) is 0 Å². The van der Waals surface area contributed by atoms with Crippen molar-refractivity contribution >= 4 is 0 Å². The molecule has 0 unspecified atom stereocenters. The minimum absolute atomic E-state index is 1.24. The van der Waals surface area contributed by atoms with Gasteiger partial charge in [0, 0.05) is 0 Å². The normalized spacial score (nSPS) is 17.5. The second-order valence-corrected chi connectivity index (χ2v) is 3.40. The molecule has 0 bridgehead atoms. The van der Waals surface area contributed by atoms with Crippen LogP contribution in [0.3, 0.4) is 0 Å². The van der Waals surface area contributed by atoms with E-state index in [1.54, 1.807) is 16.7 Å². The largest absolute Gasteiger partial charge is 0.0690 e. The highest BCUT2D eigenvalue weighted by molar-refractivity contribution is 5.37. The minimum Gasteiger partial charge on any atom is -0.0690 e. The third kappa shape index (κ3) is 1.95. The van der Waals surface area contributed by atoms with Gasteiger partial charge in [0.15, 0.2) is 0 Å². The van der Waals surface area contributed by atoms with Crippen molar-refractivity contribution in [2.24, 2.45) is 0 Å². The maximum atomic E-state index is 2.38. The van der Waals surface area contributed by atoms with E-state index in [4.69, 9.17) is 0 Å². The van der Waals surface area contributed by atoms with Gasteiger partial charge in [0.2, 0.25) is 0 Å². The van der Waals surface area contributed by atoms with Crippen molar-refractivity contribution in [3.63, 3.8) is 0 Å². The Kier molecular flexibility index (Phi) is 2.92. The molecule has 0 nitrogen and oxygen atoms in total. The van der Waals surface area contributed by atoms with Crippen LogP contribution in [0.4, 0.5) is 0 Å². The summed E-state index contributed by atoms with van der Waals surface area (Å²) in [5, 5.41) is 0. The zero-order chi connectivity index (χ0) is 8.27. The van der Waals surface area contributed by atoms with Crippen molar-refractivity contribution in [2.75, 3.05) is 0 Å². The van der Waals surface area contributed by atoms with Crippen LogP contribution < -0.4 is 0 Å². The van der Waals surface area contributed by atoms with Crippen LogP contribution in [0.25, 0.3) is 0 Å². The van der Waals surface area contributed by atoms with Crippen LogP contribution in [0, 0.1) is 0 Å². The van der Waals surface area contributed by atoms with Crippen molar-refractivity contribution in [3.05, 3.63) is 22.8 Å². The second-order valence-electron chi connectivity index (χ2n) is 3.40. The molecule has 0 saturated carbocycles. The van der Waals surface area contributed by atoms with Crippen LogP contribution in [0.1, 0.15) is 46.5 Å². The summed E-state index contributed by atoms with van der Waals surface area (Å²) >= 11 is 0. The van der Waals surface area contributed by atoms with Gasteiger partial charge in [-0.1, -0.05) is 37.5 Å². The fraction of sp³-hybridized carbons (Fsp3) is 0.636. The van der Waals surface area contributed by atoms with E-state index in [2.05, 4.69) is 26.8 Å². The van der Waals surface area contributed by atoms with E-state index in [0.29, 0.717) is 0 Å². The average molecular weight is 150 g/mol. The van der Waals surface area contributed by atoms with Gasteiger partial charge in [-0.05, 0) is 31.8 Å². The Morgan fingerprint density at radius 3 is 2.64 bits per heavy atom. The highest BCUT2D eigenvalue weighted by Gasteiger charge is 2.09. The lowest BCUT2D eigenvalue weighted by atomic mass is 10.0. The van der Waals surface area contributed by atoms with E-state index in [1.807, 2.05) is 0 Å². The van der Waals surface area contributed by atoms with E-state index < -0.39 is 0 Å². The van der Waals surface area contributed by atoms with Crippen molar-refractivity contribution < 1.29 is 0 Å². The van der Waals surface area contributed by atoms with Crippen molar-refractivity contribution in [1.82, 2.24) is 0 Å². The lowest BCUT2D eigenvalue weighted by Crippen LogP contribution is -1.82. The predicted octanol–water partition coefficient (Wildman–Crippen LogP) is 3.84. The maximum Gasteiger partial charge on any atom is -0.0102 e. The Bertz CT molecular complexity index is 194. The zero-order valence-corrected chi connectivity index (χ0v) is 7.91. The lowest BCUT2D eigenvalue weighted by molar-refractivity contribution is 0.896. The highest BCUT2D eigenvalue weighted by atomic mass is 14.2. The molecule has 0 N–H and O–H groups in total. The Balaban J connectivity index is 2.66. The molecule has 0 heterocycles. The molecular weight excluding hydrogens is 132 g/mol. The summed E-state index contributed by atoms with van der Waals surface area (Å²) in [6, 6.07) is 0. The van der Waals surface area contributed by atoms with Gasteiger partial charge in [0.25, 0.3) is 0 Å². The van der Waals surface area contributed by atoms with E-state index in [1.165, 1.54) is 25.7 Å². The summed E-state index contributed by atoms with van der Waals surface area (Å²) in [6.07, 6.45) is 7.42. The topological polar surface area (TPSA) is 0 Å². The molecule has 0 aromatic carbocycles. The van der Waals surface area contributed by atoms with Gasteiger partial charge in [0.1, 0.15) is 0 Å². The van der Waals surface area contributed by atoms with Crippen molar-refractivity contribution in [2.45, 2.75) is 46.5 Å².